The summed E-state index contributed by atoms with van der Waals surface area (Å²) in [7, 11) is 0. The van der Waals surface area contributed by atoms with Gasteiger partial charge in [-0.25, -0.2) is 14.4 Å². The van der Waals surface area contributed by atoms with Gasteiger partial charge in [0.2, 0.25) is 37.6 Å². The first kappa shape index (κ1) is 120. The van der Waals surface area contributed by atoms with Crippen LogP contribution in [-0.2, 0) is 105 Å². The Balaban J connectivity index is -0.000000315. The summed E-state index contributed by atoms with van der Waals surface area (Å²) in [6, 6.07) is 0. The van der Waals surface area contributed by atoms with E-state index in [-0.39, 0.29) is 178 Å². The monoisotopic (exact) mass is 1750 g/mol. The first-order valence-electron chi connectivity index (χ1n) is 38.1. The minimum absolute atomic E-state index is 0. The number of alkyl carbamates (subject to hydrolysis) is 1. The number of thiocarbonyl (C=S) groups is 2. The molecule has 5 amide bonds. The lowest BCUT2D eigenvalue weighted by atomic mass is 10.1. The predicted octanol–water partition coefficient (Wildman–Crippen LogP) is 9.59. The first-order chi connectivity index (χ1) is 53.5. The number of amides is 5. The van der Waals surface area contributed by atoms with Gasteiger partial charge in [-0.15, -0.1) is 0 Å². The van der Waals surface area contributed by atoms with Gasteiger partial charge in [0.25, 0.3) is 0 Å². The van der Waals surface area contributed by atoms with Crippen LogP contribution in [0.5, 0.6) is 0 Å². The summed E-state index contributed by atoms with van der Waals surface area (Å²) in [5.74, 6) is -3.53. The van der Waals surface area contributed by atoms with Crippen LogP contribution in [0.2, 0.25) is 0 Å². The molecule has 4 aliphatic heterocycles. The number of nitrogens with one attached hydrogen (secondary N) is 1. The minimum Gasteiger partial charge on any atom is -0.479 e. The van der Waals surface area contributed by atoms with Crippen molar-refractivity contribution >= 4 is 145 Å². The molecule has 4 heterocycles. The Morgan fingerprint density at radius 3 is 1.09 bits per heavy atom. The van der Waals surface area contributed by atoms with Gasteiger partial charge in [0.05, 0.1) is 68.6 Å². The highest BCUT2D eigenvalue weighted by molar-refractivity contribution is 8.23. The summed E-state index contributed by atoms with van der Waals surface area (Å²) in [5.41, 5.74) is 0.974. The molecule has 4 rings (SSSR count). The average Bonchev–Trinajstić information content (AvgIpc) is 1.73. The largest absolute Gasteiger partial charge is 0.479 e. The highest BCUT2D eigenvalue weighted by Gasteiger charge is 2.33. The number of ether oxygens (including phenoxy) is 10. The van der Waals surface area contributed by atoms with E-state index in [1.54, 1.807) is 68.1 Å². The van der Waals surface area contributed by atoms with Crippen molar-refractivity contribution in [1.29, 1.82) is 0 Å². The third-order valence-electron chi connectivity index (χ3n) is 16.1. The number of hydrogen-bond acceptors (Lipinski definition) is 31. The number of aliphatic hydroxyl groups excluding tert-OH is 3. The molecule has 0 bridgehead atoms. The predicted molar refractivity (Wildman–Crippen MR) is 457 cm³/mol. The molecule has 0 aromatic carbocycles. The molecular formula is C79H139ClN6O26S4. The number of halogens is 1. The van der Waals surface area contributed by atoms with E-state index in [2.05, 4.69) is 50.7 Å². The van der Waals surface area contributed by atoms with Crippen LogP contribution >= 0.6 is 59.6 Å². The number of aliphatic hydroxyl groups is 3. The zero-order chi connectivity index (χ0) is 86.4. The molecule has 37 heteroatoms. The third kappa shape index (κ3) is 60.4. The molecule has 672 valence electrons. The number of carbonyl (C=O) groups is 13. The molecule has 6 unspecified atom stereocenters. The SMILES string of the molecule is C.C.C.C=C(C)C(=O)Cl.C=C(C)C(=O)OCCNC(=O)OCCOC(=O)C(C)CCN1CCCC1=O.C=C(C)C(=O)OCCOC(=O)C(C)CCN1CCCC1=O.CC(CCN1CCCC1=O)C(=O)OCCO.CCN(CC)CC.CCOC(=S)SC(C)C(=O)OCCO.CCOC(=S)SC(CC(C)C(=O)OCCO)N1CCCC1=O. The Labute approximate surface area is 713 Å². The summed E-state index contributed by atoms with van der Waals surface area (Å²) in [4.78, 5) is 157. The second-order valence-electron chi connectivity index (χ2n) is 25.6. The van der Waals surface area contributed by atoms with Gasteiger partial charge < -0.3 is 92.5 Å². The smallest absolute Gasteiger partial charge is 0.407 e. The molecule has 0 saturated carbocycles. The van der Waals surface area contributed by atoms with Gasteiger partial charge >= 0.3 is 47.9 Å². The van der Waals surface area contributed by atoms with E-state index >= 15 is 0 Å². The van der Waals surface area contributed by atoms with E-state index in [1.807, 2.05) is 13.8 Å². The zero-order valence-electron chi connectivity index (χ0n) is 68.5. The number of rotatable bonds is 42. The normalized spacial score (nSPS) is 14.4. The number of allylic oxidation sites excluding steroid dienone is 1. The number of hydrogen-bond donors (Lipinski definition) is 4. The van der Waals surface area contributed by atoms with E-state index in [9.17, 15) is 62.3 Å². The molecule has 6 atom stereocenters. The Morgan fingerprint density at radius 2 is 0.776 bits per heavy atom. The molecule has 0 radical (unpaired) electrons. The molecule has 4 aliphatic rings. The van der Waals surface area contributed by atoms with E-state index < -0.39 is 40.5 Å². The maximum Gasteiger partial charge on any atom is 0.407 e. The fourth-order valence-corrected chi connectivity index (χ4v) is 12.2. The Morgan fingerprint density at radius 1 is 0.457 bits per heavy atom. The van der Waals surface area contributed by atoms with Crippen molar-refractivity contribution in [2.45, 2.75) is 200 Å². The van der Waals surface area contributed by atoms with Crippen molar-refractivity contribution in [3.05, 3.63) is 36.5 Å². The second-order valence-corrected chi connectivity index (χ2v) is 29.7. The van der Waals surface area contributed by atoms with Gasteiger partial charge in [0.1, 0.15) is 58.1 Å². The van der Waals surface area contributed by atoms with Crippen LogP contribution in [0, 0.1) is 23.7 Å². The molecule has 4 fully saturated rings. The summed E-state index contributed by atoms with van der Waals surface area (Å²) >= 11 is 17.3. The number of carbonyl (C=O) groups excluding carboxylic acids is 13. The first-order valence-corrected chi connectivity index (χ1v) is 41.0. The zero-order valence-corrected chi connectivity index (χ0v) is 72.5. The van der Waals surface area contributed by atoms with Crippen LogP contribution in [0.1, 0.15) is 189 Å². The Bertz CT molecular complexity index is 2930. The number of thioether (sulfide) groups is 2. The van der Waals surface area contributed by atoms with Crippen LogP contribution in [0.4, 0.5) is 4.79 Å². The quantitative estimate of drug-likeness (QED) is 0.0110. The second kappa shape index (κ2) is 74.2. The molecule has 0 aromatic heterocycles. The lowest BCUT2D eigenvalue weighted by Gasteiger charge is -2.28. The van der Waals surface area contributed by atoms with Gasteiger partial charge in [-0.1, -0.05) is 114 Å². The number of esters is 7. The highest BCUT2D eigenvalue weighted by atomic mass is 35.5. The molecule has 0 aromatic rings. The summed E-state index contributed by atoms with van der Waals surface area (Å²) in [5, 5.41) is 26.9. The van der Waals surface area contributed by atoms with Crippen LogP contribution in [-0.4, -0.2) is 294 Å². The molecule has 4 saturated heterocycles. The molecule has 32 nitrogen and oxygen atoms in total. The van der Waals surface area contributed by atoms with Gasteiger partial charge in [-0.05, 0) is 149 Å². The summed E-state index contributed by atoms with van der Waals surface area (Å²) in [6.45, 7) is 42.6. The Kier molecular flexibility index (Phi) is 76.7. The van der Waals surface area contributed by atoms with Crippen LogP contribution in [0.25, 0.3) is 0 Å². The van der Waals surface area contributed by atoms with Crippen molar-refractivity contribution in [3.8, 4) is 0 Å². The molecular weight excluding hydrogens is 1610 g/mol. The average molecular weight is 1750 g/mol. The molecule has 0 aliphatic carbocycles. The maximum absolute atomic E-state index is 12.0. The van der Waals surface area contributed by atoms with Crippen molar-refractivity contribution in [2.24, 2.45) is 23.7 Å². The van der Waals surface area contributed by atoms with Crippen molar-refractivity contribution < 1.29 is 125 Å². The van der Waals surface area contributed by atoms with Crippen LogP contribution < -0.4 is 5.32 Å². The standard InChI is InChI=1S/C18H28N2O7.C15H23NO5.C14H23NO5S2.C11H19NO4.C8H14O4S2.C6H15N.C4H5ClO.3CH4/c1-13(2)16(22)25-10-7-19-18(24)27-12-11-26-17(23)14(3)6-9-20-8-4-5-15(20)21;1-11(2)14(18)20-9-10-21-15(19)12(3)6-8-16-7-4-5-13(16)17;1-3-19-14(21)22-12(15-6-4-5-11(15)17)9-10(2)13(18)20-8-7-16;1-9(11(15)16-8-7-13)4-6-12-5-2-3-10(12)14;1-3-11-8(13)14-6(2)7(10)12-5-4-9;1-4-7(5-2)6-3;1-3(2)4(5)6;;;/h14H,1,4-12H2,2-3H3,(H,19,24);12H,1,4-10H2,2-3H3;10,12,16H,3-9H2,1-2H3;9,13H,2-8H2,1H3;6,9H,3-5H2,1-2H3;4-6H2,1-3H3;1H2,2H3;3*1H4. The Hall–Kier alpha value is -7.06. The van der Waals surface area contributed by atoms with Crippen molar-refractivity contribution in [1.82, 2.24) is 29.8 Å². The topological polar surface area (TPSA) is 403 Å². The minimum atomic E-state index is -0.696. The van der Waals surface area contributed by atoms with E-state index in [0.717, 1.165) is 57.1 Å². The van der Waals surface area contributed by atoms with Gasteiger partial charge in [0.15, 0.2) is 0 Å². The van der Waals surface area contributed by atoms with E-state index in [0.29, 0.717) is 111 Å². The fourth-order valence-electron chi connectivity index (χ4n) is 9.39. The third-order valence-corrected chi connectivity index (χ3v) is 19.1. The number of likely N-dealkylation sites (tertiary alicyclic amines) is 4. The summed E-state index contributed by atoms with van der Waals surface area (Å²) < 4.78 is 50.0. The van der Waals surface area contributed by atoms with Gasteiger partial charge in [-0.2, -0.15) is 0 Å². The summed E-state index contributed by atoms with van der Waals surface area (Å²) in [6.07, 6.45) is 7.32. The molecule has 4 N–H and O–H groups in total. The highest BCUT2D eigenvalue weighted by Crippen LogP contribution is 2.30. The molecule has 0 spiro atoms. The van der Waals surface area contributed by atoms with Gasteiger partial charge in [-0.3, -0.25) is 47.9 Å². The van der Waals surface area contributed by atoms with Crippen molar-refractivity contribution in [2.75, 3.05) is 158 Å². The fraction of sp³-hybridized carbons (Fsp3) is 0.734. The van der Waals surface area contributed by atoms with E-state index in [4.69, 9.17) is 98.7 Å². The van der Waals surface area contributed by atoms with Crippen molar-refractivity contribution in [3.63, 3.8) is 0 Å². The lowest BCUT2D eigenvalue weighted by Crippen LogP contribution is -2.37. The van der Waals surface area contributed by atoms with E-state index in [1.165, 1.54) is 38.3 Å². The van der Waals surface area contributed by atoms with Crippen LogP contribution in [0.3, 0.4) is 0 Å². The maximum atomic E-state index is 12.0. The number of nitrogens with zero attached hydrogens (tertiary/aromatic N) is 5. The lowest BCUT2D eigenvalue weighted by molar-refractivity contribution is -0.153. The molecule has 116 heavy (non-hydrogen) atoms. The van der Waals surface area contributed by atoms with Crippen LogP contribution in [0.15, 0.2) is 36.5 Å². The van der Waals surface area contributed by atoms with Gasteiger partial charge in [0, 0.05) is 88.2 Å².